The first-order valence-electron chi connectivity index (χ1n) is 6.48. The monoisotopic (exact) mass is 284 g/mol. The number of morpholine rings is 1. The second kappa shape index (κ2) is 5.79. The van der Waals surface area contributed by atoms with Crippen LogP contribution in [-0.2, 0) is 9.47 Å². The van der Waals surface area contributed by atoms with Gasteiger partial charge in [0.1, 0.15) is 4.88 Å². The third-order valence-electron chi connectivity index (χ3n) is 2.94. The van der Waals surface area contributed by atoms with Gasteiger partial charge in [-0.05, 0) is 26.8 Å². The van der Waals surface area contributed by atoms with Crippen LogP contribution < -0.4 is 10.6 Å². The first kappa shape index (κ1) is 14.1. The smallest absolute Gasteiger partial charge is 0.350 e. The first-order valence-corrected chi connectivity index (χ1v) is 7.29. The number of thiophene rings is 1. The van der Waals surface area contributed by atoms with Crippen LogP contribution in [0, 0.1) is 0 Å². The van der Waals surface area contributed by atoms with E-state index in [1.54, 1.807) is 6.92 Å². The predicted molar refractivity (Wildman–Crippen MR) is 76.9 cm³/mol. The quantitative estimate of drug-likeness (QED) is 0.861. The van der Waals surface area contributed by atoms with Crippen molar-refractivity contribution in [1.29, 1.82) is 0 Å². The predicted octanol–water partition coefficient (Wildman–Crippen LogP) is 2.12. The fourth-order valence-electron chi connectivity index (χ4n) is 2.26. The maximum atomic E-state index is 11.8. The molecule has 0 aliphatic carbocycles. The van der Waals surface area contributed by atoms with E-state index < -0.39 is 0 Å². The number of carbonyl (C=O) groups excluding carboxylic acids is 1. The van der Waals surface area contributed by atoms with E-state index in [0.29, 0.717) is 17.2 Å². The van der Waals surface area contributed by atoms with E-state index in [1.807, 2.05) is 19.9 Å². The van der Waals surface area contributed by atoms with Gasteiger partial charge >= 0.3 is 5.97 Å². The van der Waals surface area contributed by atoms with Crippen LogP contribution in [0.25, 0.3) is 0 Å². The average Bonchev–Trinajstić information content (AvgIpc) is 2.70. The number of hydrogen-bond donors (Lipinski definition) is 1. The van der Waals surface area contributed by atoms with E-state index >= 15 is 0 Å². The topological polar surface area (TPSA) is 64.8 Å². The molecule has 2 unspecified atom stereocenters. The summed E-state index contributed by atoms with van der Waals surface area (Å²) in [7, 11) is 0. The van der Waals surface area contributed by atoms with Crippen LogP contribution in [0.2, 0.25) is 0 Å². The molecule has 1 aromatic rings. The minimum absolute atomic E-state index is 0.179. The highest BCUT2D eigenvalue weighted by atomic mass is 32.1. The van der Waals surface area contributed by atoms with E-state index in [2.05, 4.69) is 4.90 Å². The van der Waals surface area contributed by atoms with E-state index in [1.165, 1.54) is 11.3 Å². The number of carbonyl (C=O) groups is 1. The van der Waals surface area contributed by atoms with Crippen LogP contribution in [0.1, 0.15) is 30.4 Å². The summed E-state index contributed by atoms with van der Waals surface area (Å²) in [5.41, 5.74) is 6.39. The Labute approximate surface area is 117 Å². The Bertz CT molecular complexity index is 451. The second-order valence-electron chi connectivity index (χ2n) is 4.75. The van der Waals surface area contributed by atoms with Gasteiger partial charge in [0.25, 0.3) is 0 Å². The Hall–Kier alpha value is -1.27. The third kappa shape index (κ3) is 3.19. The molecular formula is C13H20N2O3S. The van der Waals surface area contributed by atoms with Crippen LogP contribution in [0.3, 0.4) is 0 Å². The van der Waals surface area contributed by atoms with Crippen molar-refractivity contribution < 1.29 is 14.3 Å². The molecule has 1 saturated heterocycles. The third-order valence-corrected chi connectivity index (χ3v) is 4.13. The van der Waals surface area contributed by atoms with Gasteiger partial charge in [0.05, 0.1) is 29.5 Å². The van der Waals surface area contributed by atoms with Crippen molar-refractivity contribution in [2.24, 2.45) is 0 Å². The van der Waals surface area contributed by atoms with Crippen molar-refractivity contribution in [3.05, 3.63) is 10.9 Å². The Kier molecular flexibility index (Phi) is 4.31. The summed E-state index contributed by atoms with van der Waals surface area (Å²) in [4.78, 5) is 14.5. The van der Waals surface area contributed by atoms with Crippen molar-refractivity contribution in [3.63, 3.8) is 0 Å². The summed E-state index contributed by atoms with van der Waals surface area (Å²) in [6, 6.07) is 1.85. The van der Waals surface area contributed by atoms with Gasteiger partial charge in [0.15, 0.2) is 0 Å². The largest absolute Gasteiger partial charge is 0.462 e. The zero-order valence-corrected chi connectivity index (χ0v) is 12.3. The Balaban J connectivity index is 2.17. The van der Waals surface area contributed by atoms with Crippen LogP contribution in [0.4, 0.5) is 10.7 Å². The molecule has 106 valence electrons. The van der Waals surface area contributed by atoms with Gasteiger partial charge in [-0.15, -0.1) is 11.3 Å². The van der Waals surface area contributed by atoms with Crippen molar-refractivity contribution in [1.82, 2.24) is 0 Å². The molecule has 6 heteroatoms. The Morgan fingerprint density at radius 1 is 1.53 bits per heavy atom. The highest BCUT2D eigenvalue weighted by Gasteiger charge is 2.25. The molecule has 1 aliphatic heterocycles. The molecule has 0 aromatic carbocycles. The van der Waals surface area contributed by atoms with Gasteiger partial charge in [-0.1, -0.05) is 0 Å². The molecule has 1 aromatic heterocycles. The van der Waals surface area contributed by atoms with E-state index in [9.17, 15) is 4.79 Å². The number of nitrogens with two attached hydrogens (primary N) is 1. The molecular weight excluding hydrogens is 264 g/mol. The molecule has 0 amide bonds. The number of anilines is 2. The number of rotatable bonds is 3. The second-order valence-corrected chi connectivity index (χ2v) is 5.78. The molecule has 2 heterocycles. The summed E-state index contributed by atoms with van der Waals surface area (Å²) in [5, 5.41) is 1.00. The maximum Gasteiger partial charge on any atom is 0.350 e. The van der Waals surface area contributed by atoms with Crippen molar-refractivity contribution in [2.45, 2.75) is 33.0 Å². The minimum atomic E-state index is -0.342. The van der Waals surface area contributed by atoms with Crippen LogP contribution in [0.5, 0.6) is 0 Å². The van der Waals surface area contributed by atoms with Crippen LogP contribution in [-0.4, -0.2) is 37.9 Å². The normalized spacial score (nSPS) is 23.4. The summed E-state index contributed by atoms with van der Waals surface area (Å²) in [6.45, 7) is 7.86. The highest BCUT2D eigenvalue weighted by Crippen LogP contribution is 2.34. The average molecular weight is 284 g/mol. The molecule has 0 bridgehead atoms. The van der Waals surface area contributed by atoms with Gasteiger partial charge in [0, 0.05) is 13.1 Å². The van der Waals surface area contributed by atoms with Gasteiger partial charge in [-0.25, -0.2) is 4.79 Å². The molecule has 1 aliphatic rings. The molecule has 2 N–H and O–H groups in total. The van der Waals surface area contributed by atoms with Crippen LogP contribution >= 0.6 is 11.3 Å². The van der Waals surface area contributed by atoms with Gasteiger partial charge in [-0.3, -0.25) is 0 Å². The molecule has 0 saturated carbocycles. The summed E-state index contributed by atoms with van der Waals surface area (Å²) in [6.07, 6.45) is 0.358. The van der Waals surface area contributed by atoms with E-state index in [0.717, 1.165) is 18.1 Å². The standard InChI is InChI=1S/C13H20N2O3S/c1-4-17-13(16)12-10(14)5-11(19-12)15-6-8(2)18-9(3)7-15/h5,8-9H,4,6-7,14H2,1-3H3. The molecule has 2 rings (SSSR count). The van der Waals surface area contributed by atoms with E-state index in [-0.39, 0.29) is 18.2 Å². The Morgan fingerprint density at radius 2 is 2.16 bits per heavy atom. The zero-order chi connectivity index (χ0) is 14.0. The lowest BCUT2D eigenvalue weighted by Crippen LogP contribution is -2.45. The van der Waals surface area contributed by atoms with Crippen LogP contribution in [0.15, 0.2) is 6.07 Å². The molecule has 0 spiro atoms. The molecule has 19 heavy (non-hydrogen) atoms. The number of ether oxygens (including phenoxy) is 2. The lowest BCUT2D eigenvalue weighted by molar-refractivity contribution is -0.00500. The molecule has 2 atom stereocenters. The SMILES string of the molecule is CCOC(=O)c1sc(N2CC(C)OC(C)C2)cc1N. The molecule has 0 radical (unpaired) electrons. The fraction of sp³-hybridized carbons (Fsp3) is 0.615. The summed E-state index contributed by atoms with van der Waals surface area (Å²) in [5.74, 6) is -0.342. The molecule has 5 nitrogen and oxygen atoms in total. The number of nitrogen functional groups attached to an aromatic ring is 1. The summed E-state index contributed by atoms with van der Waals surface area (Å²) >= 11 is 1.39. The van der Waals surface area contributed by atoms with Crippen molar-refractivity contribution in [2.75, 3.05) is 30.3 Å². The molecule has 1 fully saturated rings. The lowest BCUT2D eigenvalue weighted by Gasteiger charge is -2.35. The van der Waals surface area contributed by atoms with Gasteiger partial charge in [-0.2, -0.15) is 0 Å². The maximum absolute atomic E-state index is 11.8. The summed E-state index contributed by atoms with van der Waals surface area (Å²) < 4.78 is 10.7. The van der Waals surface area contributed by atoms with Gasteiger partial charge < -0.3 is 20.1 Å². The first-order chi connectivity index (χ1) is 9.01. The van der Waals surface area contributed by atoms with Crippen molar-refractivity contribution in [3.8, 4) is 0 Å². The highest BCUT2D eigenvalue weighted by molar-refractivity contribution is 7.18. The number of hydrogen-bond acceptors (Lipinski definition) is 6. The fourth-order valence-corrected chi connectivity index (χ4v) is 3.25. The Morgan fingerprint density at radius 3 is 2.74 bits per heavy atom. The van der Waals surface area contributed by atoms with Gasteiger partial charge in [0.2, 0.25) is 0 Å². The lowest BCUT2D eigenvalue weighted by atomic mass is 10.2. The zero-order valence-electron chi connectivity index (χ0n) is 11.5. The minimum Gasteiger partial charge on any atom is -0.462 e. The van der Waals surface area contributed by atoms with Crippen molar-refractivity contribution >= 4 is 28.0 Å². The van der Waals surface area contributed by atoms with E-state index in [4.69, 9.17) is 15.2 Å². The number of nitrogens with zero attached hydrogens (tertiary/aromatic N) is 1. The number of esters is 1.